The molecule has 0 aliphatic rings. The van der Waals surface area contributed by atoms with Gasteiger partial charge in [0.15, 0.2) is 11.0 Å². The highest BCUT2D eigenvalue weighted by Gasteiger charge is 2.28. The first-order valence-electron chi connectivity index (χ1n) is 8.63. The van der Waals surface area contributed by atoms with Crippen LogP contribution in [0.3, 0.4) is 0 Å². The first-order valence-corrected chi connectivity index (χ1v) is 9.99. The lowest BCUT2D eigenvalue weighted by atomic mass is 10.2. The van der Waals surface area contributed by atoms with Crippen LogP contribution in [0.1, 0.15) is 18.8 Å². The lowest BCUT2D eigenvalue weighted by Crippen LogP contribution is -2.43. The fourth-order valence-electron chi connectivity index (χ4n) is 2.23. The molecular formula is C17H20ClF3N6O2S. The van der Waals surface area contributed by atoms with Crippen molar-refractivity contribution in [2.45, 2.75) is 24.3 Å². The van der Waals surface area contributed by atoms with Gasteiger partial charge in [-0.05, 0) is 45.3 Å². The van der Waals surface area contributed by atoms with Crippen molar-refractivity contribution in [2.75, 3.05) is 26.4 Å². The largest absolute Gasteiger partial charge is 0.405 e. The van der Waals surface area contributed by atoms with E-state index in [1.807, 2.05) is 31.2 Å². The third-order valence-electron chi connectivity index (χ3n) is 3.93. The molecule has 13 heteroatoms. The molecule has 1 aromatic carbocycles. The number of aromatic nitrogens is 3. The van der Waals surface area contributed by atoms with Crippen LogP contribution >= 0.6 is 23.4 Å². The number of carbonyl (C=O) groups excluding carboxylic acids is 2. The average Bonchev–Trinajstić information content (AvgIpc) is 3.08. The predicted octanol–water partition coefficient (Wildman–Crippen LogP) is 3.02. The summed E-state index contributed by atoms with van der Waals surface area (Å²) in [5, 5.41) is 12.7. The number of carbonyl (C=O) groups is 2. The van der Waals surface area contributed by atoms with Gasteiger partial charge in [-0.1, -0.05) is 23.4 Å². The highest BCUT2D eigenvalue weighted by Crippen LogP contribution is 2.27. The van der Waals surface area contributed by atoms with Crippen molar-refractivity contribution in [3.8, 4) is 5.69 Å². The van der Waals surface area contributed by atoms with Gasteiger partial charge >= 0.3 is 12.2 Å². The Hall–Kier alpha value is -2.31. The summed E-state index contributed by atoms with van der Waals surface area (Å²) >= 11 is 6.95. The van der Waals surface area contributed by atoms with Gasteiger partial charge < -0.3 is 5.32 Å². The van der Waals surface area contributed by atoms with Gasteiger partial charge in [-0.25, -0.2) is 4.79 Å². The van der Waals surface area contributed by atoms with Crippen LogP contribution in [0.2, 0.25) is 5.02 Å². The van der Waals surface area contributed by atoms with Gasteiger partial charge in [-0.2, -0.15) is 13.2 Å². The van der Waals surface area contributed by atoms with Crippen LogP contribution < -0.4 is 10.6 Å². The summed E-state index contributed by atoms with van der Waals surface area (Å²) in [7, 11) is 3.76. The molecular weight excluding hydrogens is 445 g/mol. The number of amides is 3. The number of hydrogen-bond acceptors (Lipinski definition) is 6. The summed E-state index contributed by atoms with van der Waals surface area (Å²) in [6.45, 7) is 0.401. The number of halogens is 4. The Morgan fingerprint density at radius 3 is 2.43 bits per heavy atom. The van der Waals surface area contributed by atoms with E-state index in [0.29, 0.717) is 16.0 Å². The van der Waals surface area contributed by atoms with Crippen LogP contribution in [-0.2, 0) is 4.79 Å². The summed E-state index contributed by atoms with van der Waals surface area (Å²) in [5.41, 5.74) is 0.721. The Kier molecular flexibility index (Phi) is 8.10. The molecule has 1 atom stereocenters. The van der Waals surface area contributed by atoms with Crippen molar-refractivity contribution in [1.82, 2.24) is 30.3 Å². The molecule has 164 valence electrons. The van der Waals surface area contributed by atoms with E-state index < -0.39 is 24.7 Å². The lowest BCUT2D eigenvalue weighted by molar-refractivity contribution is -0.124. The predicted molar refractivity (Wildman–Crippen MR) is 107 cm³/mol. The second-order valence-corrected chi connectivity index (χ2v) is 7.81. The van der Waals surface area contributed by atoms with Crippen LogP contribution in [-0.4, -0.2) is 64.2 Å². The van der Waals surface area contributed by atoms with E-state index in [0.717, 1.165) is 17.4 Å². The molecule has 2 N–H and O–H groups in total. The standard InChI is InChI=1S/C17H20ClF3N6O2S/c1-10(26(2)3)14-24-25-16(27(14)12-6-4-11(18)5-7-12)30-8-13(28)23-15(29)22-9-17(19,20)21/h4-7,10H,8-9H2,1-3H3,(H2,22,23,28,29). The van der Waals surface area contributed by atoms with Crippen molar-refractivity contribution < 1.29 is 22.8 Å². The maximum absolute atomic E-state index is 12.1. The van der Waals surface area contributed by atoms with Crippen molar-refractivity contribution in [1.29, 1.82) is 0 Å². The van der Waals surface area contributed by atoms with E-state index in [1.165, 1.54) is 0 Å². The third kappa shape index (κ3) is 6.89. The molecule has 1 heterocycles. The van der Waals surface area contributed by atoms with E-state index in [1.54, 1.807) is 34.1 Å². The number of imide groups is 1. The Balaban J connectivity index is 2.13. The van der Waals surface area contributed by atoms with Crippen LogP contribution in [0.4, 0.5) is 18.0 Å². The third-order valence-corrected chi connectivity index (χ3v) is 5.11. The van der Waals surface area contributed by atoms with Crippen molar-refractivity contribution in [2.24, 2.45) is 0 Å². The van der Waals surface area contributed by atoms with Gasteiger partial charge in [-0.15, -0.1) is 10.2 Å². The minimum absolute atomic E-state index is 0.107. The van der Waals surface area contributed by atoms with Crippen LogP contribution in [0.25, 0.3) is 5.69 Å². The first-order chi connectivity index (χ1) is 14.0. The van der Waals surface area contributed by atoms with Gasteiger partial charge in [0.1, 0.15) is 6.54 Å². The molecule has 0 saturated heterocycles. The van der Waals surface area contributed by atoms with Crippen molar-refractivity contribution >= 4 is 35.3 Å². The Labute approximate surface area is 180 Å². The molecule has 0 aliphatic heterocycles. The zero-order valence-corrected chi connectivity index (χ0v) is 17.9. The fourth-order valence-corrected chi connectivity index (χ4v) is 3.11. The van der Waals surface area contributed by atoms with Crippen LogP contribution in [0.15, 0.2) is 29.4 Å². The van der Waals surface area contributed by atoms with Crippen molar-refractivity contribution in [3.63, 3.8) is 0 Å². The van der Waals surface area contributed by atoms with Gasteiger partial charge in [-0.3, -0.25) is 19.6 Å². The molecule has 1 aromatic heterocycles. The summed E-state index contributed by atoms with van der Waals surface area (Å²) < 4.78 is 38.1. The molecule has 3 amide bonds. The van der Waals surface area contributed by atoms with E-state index in [2.05, 4.69) is 10.2 Å². The van der Waals surface area contributed by atoms with Crippen molar-refractivity contribution in [3.05, 3.63) is 35.1 Å². The summed E-state index contributed by atoms with van der Waals surface area (Å²) in [6.07, 6.45) is -4.57. The highest BCUT2D eigenvalue weighted by molar-refractivity contribution is 7.99. The Morgan fingerprint density at radius 1 is 1.23 bits per heavy atom. The summed E-state index contributed by atoms with van der Waals surface area (Å²) in [4.78, 5) is 25.3. The highest BCUT2D eigenvalue weighted by atomic mass is 35.5. The zero-order valence-electron chi connectivity index (χ0n) is 16.3. The molecule has 0 saturated carbocycles. The Bertz CT molecular complexity index is 889. The lowest BCUT2D eigenvalue weighted by Gasteiger charge is -2.20. The summed E-state index contributed by atoms with van der Waals surface area (Å²) in [5.74, 6) is -0.401. The van der Waals surface area contributed by atoms with E-state index in [4.69, 9.17) is 11.6 Å². The number of nitrogens with zero attached hydrogens (tertiary/aromatic N) is 4. The monoisotopic (exact) mass is 464 g/mol. The zero-order chi connectivity index (χ0) is 22.5. The van der Waals surface area contributed by atoms with Gasteiger partial charge in [0.2, 0.25) is 5.91 Å². The van der Waals surface area contributed by atoms with E-state index >= 15 is 0 Å². The normalized spacial score (nSPS) is 12.7. The number of rotatable bonds is 7. The second-order valence-electron chi connectivity index (χ2n) is 6.43. The fraction of sp³-hybridized carbons (Fsp3) is 0.412. The number of benzene rings is 1. The van der Waals surface area contributed by atoms with Gasteiger partial charge in [0.05, 0.1) is 11.8 Å². The quantitative estimate of drug-likeness (QED) is 0.612. The molecule has 8 nitrogen and oxygen atoms in total. The smallest absolute Gasteiger partial charge is 0.329 e. The molecule has 2 aromatic rings. The first kappa shape index (κ1) is 24.0. The molecule has 0 radical (unpaired) electrons. The summed E-state index contributed by atoms with van der Waals surface area (Å²) in [6, 6.07) is 5.61. The number of hydrogen-bond donors (Lipinski definition) is 2. The minimum atomic E-state index is -4.57. The van der Waals surface area contributed by atoms with E-state index in [9.17, 15) is 22.8 Å². The molecule has 0 aliphatic carbocycles. The molecule has 30 heavy (non-hydrogen) atoms. The molecule has 2 rings (SSSR count). The Morgan fingerprint density at radius 2 is 1.87 bits per heavy atom. The number of nitrogens with one attached hydrogen (secondary N) is 2. The number of urea groups is 1. The molecule has 0 spiro atoms. The topological polar surface area (TPSA) is 92.1 Å². The second kappa shape index (κ2) is 10.1. The molecule has 0 bridgehead atoms. The maximum Gasteiger partial charge on any atom is 0.405 e. The molecule has 0 fully saturated rings. The van der Waals surface area contributed by atoms with E-state index in [-0.39, 0.29) is 11.8 Å². The van der Waals surface area contributed by atoms with Gasteiger partial charge in [0.25, 0.3) is 0 Å². The van der Waals surface area contributed by atoms with Crippen LogP contribution in [0.5, 0.6) is 0 Å². The minimum Gasteiger partial charge on any atom is -0.329 e. The number of alkyl halides is 3. The maximum atomic E-state index is 12.1. The SMILES string of the molecule is CC(c1nnc(SCC(=O)NC(=O)NCC(F)(F)F)n1-c1ccc(Cl)cc1)N(C)C. The average molecular weight is 465 g/mol. The molecule has 1 unspecified atom stereocenters. The van der Waals surface area contributed by atoms with Crippen LogP contribution in [0, 0.1) is 0 Å². The van der Waals surface area contributed by atoms with Gasteiger partial charge in [0, 0.05) is 10.7 Å². The number of thioether (sulfide) groups is 1.